The number of piperidine rings is 1. The number of thiazole rings is 1. The fourth-order valence-corrected chi connectivity index (χ4v) is 8.25. The zero-order valence-electron chi connectivity index (χ0n) is 26.2. The second-order valence-corrected chi connectivity index (χ2v) is 14.6. The molecule has 2 aliphatic heterocycles. The number of morpholine rings is 1. The van der Waals surface area contributed by atoms with Crippen molar-refractivity contribution in [2.45, 2.75) is 76.4 Å². The van der Waals surface area contributed by atoms with Gasteiger partial charge in [0.1, 0.15) is 17.4 Å². The number of aromatic hydroxyl groups is 1. The van der Waals surface area contributed by atoms with Crippen molar-refractivity contribution in [3.63, 3.8) is 0 Å². The average molecular weight is 659 g/mol. The van der Waals surface area contributed by atoms with Crippen molar-refractivity contribution in [2.75, 3.05) is 52.4 Å². The lowest BCUT2D eigenvalue weighted by molar-refractivity contribution is -0.133. The van der Waals surface area contributed by atoms with E-state index < -0.39 is 6.10 Å². The lowest BCUT2D eigenvalue weighted by Gasteiger charge is -2.47. The summed E-state index contributed by atoms with van der Waals surface area (Å²) in [5.41, 5.74) is 0.905. The molecule has 1 atom stereocenters. The molecule has 0 bridgehead atoms. The third kappa shape index (κ3) is 8.94. The van der Waals surface area contributed by atoms with Gasteiger partial charge in [0.25, 0.3) is 12.4 Å². The van der Waals surface area contributed by atoms with E-state index in [1.807, 2.05) is 24.0 Å². The molecule has 12 heteroatoms. The number of phenolic OH excluding ortho intramolecular Hbond substituents is 1. The molecule has 2 aliphatic rings. The van der Waals surface area contributed by atoms with E-state index in [1.165, 1.54) is 43.0 Å². The number of H-pyrrole nitrogens is 1. The second-order valence-electron chi connectivity index (χ2n) is 12.3. The van der Waals surface area contributed by atoms with Crippen LogP contribution in [0.3, 0.4) is 0 Å². The molecule has 1 amide bonds. The van der Waals surface area contributed by atoms with Crippen molar-refractivity contribution in [3.05, 3.63) is 49.3 Å². The molecule has 0 aliphatic carbocycles. The predicted octanol–water partition coefficient (Wildman–Crippen LogP) is 5.21. The summed E-state index contributed by atoms with van der Waals surface area (Å²) in [4.78, 5) is 44.9. The first-order valence-electron chi connectivity index (χ1n) is 16.2. The average Bonchev–Trinajstić information content (AvgIpc) is 3.66. The van der Waals surface area contributed by atoms with Gasteiger partial charge in [-0.2, -0.15) is 0 Å². The number of phenols is 1. The number of benzene rings is 1. The van der Waals surface area contributed by atoms with Crippen LogP contribution in [0.5, 0.6) is 5.75 Å². The predicted molar refractivity (Wildman–Crippen MR) is 179 cm³/mol. The molecule has 2 saturated heterocycles. The van der Waals surface area contributed by atoms with E-state index in [0.717, 1.165) is 68.1 Å². The number of hydrogen-bond donors (Lipinski definition) is 3. The number of fused-ring (bicyclic) bond motifs is 1. The molecule has 4 heterocycles. The molecule has 3 N–H and O–H groups in total. The zero-order chi connectivity index (χ0) is 31.6. The molecule has 2 fully saturated rings. The number of nitrogens with zero attached hydrogens (tertiary/aromatic N) is 2. The Bertz CT molecular complexity index is 1460. The Labute approximate surface area is 272 Å². The summed E-state index contributed by atoms with van der Waals surface area (Å²) in [6.07, 6.45) is 9.79. The summed E-state index contributed by atoms with van der Waals surface area (Å²) < 4.78 is 12.2. The summed E-state index contributed by atoms with van der Waals surface area (Å²) in [5, 5.41) is 13.4. The van der Waals surface area contributed by atoms with Gasteiger partial charge in [-0.05, 0) is 63.9 Å². The summed E-state index contributed by atoms with van der Waals surface area (Å²) in [7, 11) is 0. The molecule has 1 aromatic carbocycles. The lowest BCUT2D eigenvalue weighted by atomic mass is 9.89. The van der Waals surface area contributed by atoms with Crippen molar-refractivity contribution in [1.29, 1.82) is 0 Å². The quantitative estimate of drug-likeness (QED) is 0.142. The number of carbonyl (C=O) groups is 2. The molecule has 0 unspecified atom stereocenters. The molecule has 1 spiro atoms. The fourth-order valence-electron chi connectivity index (χ4n) is 6.50. The standard InChI is InChI=1S/C33H46N4O6S2/c1-24-9-12-28(44-24)31(40)37-19-20-43-33(22-37)13-17-36(18-14-33)16-8-6-4-2-3-5-7-15-34-21-27(42-23-38)25-10-11-26(39)29-30(25)45-32(41)35-29/h9-12,23,27,34,39H,2-8,13-22H2,1H3,(H,35,41)/t27-/m0/s1. The molecule has 10 nitrogen and oxygen atoms in total. The van der Waals surface area contributed by atoms with Crippen LogP contribution < -0.4 is 10.2 Å². The summed E-state index contributed by atoms with van der Waals surface area (Å²) in [6, 6.07) is 7.19. The van der Waals surface area contributed by atoms with Crippen LogP contribution >= 0.6 is 22.7 Å². The third-order valence-corrected chi connectivity index (χ3v) is 11.0. The molecule has 0 saturated carbocycles. The van der Waals surface area contributed by atoms with E-state index in [9.17, 15) is 19.5 Å². The van der Waals surface area contributed by atoms with Gasteiger partial charge in [0.05, 0.1) is 28.3 Å². The number of ether oxygens (including phenoxy) is 2. The highest BCUT2D eigenvalue weighted by Crippen LogP contribution is 2.33. The van der Waals surface area contributed by atoms with Gasteiger partial charge in [0.15, 0.2) is 0 Å². The number of thiophene rings is 1. The summed E-state index contributed by atoms with van der Waals surface area (Å²) in [5.74, 6) is 0.156. The maximum Gasteiger partial charge on any atom is 0.305 e. The number of aromatic nitrogens is 1. The van der Waals surface area contributed by atoms with E-state index in [-0.39, 0.29) is 22.1 Å². The van der Waals surface area contributed by atoms with Crippen molar-refractivity contribution in [1.82, 2.24) is 20.1 Å². The Balaban J connectivity index is 0.904. The van der Waals surface area contributed by atoms with Gasteiger partial charge < -0.3 is 34.7 Å². The normalized spacial score (nSPS) is 17.6. The van der Waals surface area contributed by atoms with E-state index in [4.69, 9.17) is 9.47 Å². The van der Waals surface area contributed by atoms with Crippen LogP contribution in [0.2, 0.25) is 0 Å². The Hall–Kier alpha value is -2.77. The van der Waals surface area contributed by atoms with Crippen LogP contribution in [0.1, 0.15) is 84.0 Å². The van der Waals surface area contributed by atoms with Crippen molar-refractivity contribution in [3.8, 4) is 5.75 Å². The number of unbranched alkanes of at least 4 members (excludes halogenated alkanes) is 6. The molecule has 5 rings (SSSR count). The second kappa shape index (κ2) is 16.2. The minimum atomic E-state index is -0.530. The van der Waals surface area contributed by atoms with E-state index in [2.05, 4.69) is 15.2 Å². The van der Waals surface area contributed by atoms with Crippen LogP contribution in [0, 0.1) is 6.92 Å². The topological polar surface area (TPSA) is 124 Å². The smallest absolute Gasteiger partial charge is 0.305 e. The Morgan fingerprint density at radius 3 is 2.58 bits per heavy atom. The fraction of sp³-hybridized carbons (Fsp3) is 0.606. The van der Waals surface area contributed by atoms with E-state index in [1.54, 1.807) is 17.4 Å². The molecule has 2 aromatic heterocycles. The molecule has 246 valence electrons. The van der Waals surface area contributed by atoms with Crippen LogP contribution in [-0.2, 0) is 14.3 Å². The number of hydrogen-bond acceptors (Lipinski definition) is 10. The molecule has 45 heavy (non-hydrogen) atoms. The number of carbonyl (C=O) groups excluding carboxylic acids is 2. The number of rotatable bonds is 16. The van der Waals surface area contributed by atoms with Gasteiger partial charge in [-0.25, -0.2) is 0 Å². The minimum Gasteiger partial charge on any atom is -0.506 e. The maximum atomic E-state index is 13.0. The van der Waals surface area contributed by atoms with Crippen LogP contribution in [0.15, 0.2) is 29.1 Å². The van der Waals surface area contributed by atoms with Crippen molar-refractivity contribution >= 4 is 45.3 Å². The minimum absolute atomic E-state index is 0.00563. The van der Waals surface area contributed by atoms with Gasteiger partial charge in [-0.3, -0.25) is 14.4 Å². The number of aryl methyl sites for hydroxylation is 1. The summed E-state index contributed by atoms with van der Waals surface area (Å²) >= 11 is 2.58. The molecular formula is C33H46N4O6S2. The summed E-state index contributed by atoms with van der Waals surface area (Å²) in [6.45, 7) is 8.96. The van der Waals surface area contributed by atoms with Crippen LogP contribution in [0.25, 0.3) is 10.2 Å². The number of likely N-dealkylation sites (tertiary alicyclic amines) is 1. The number of amides is 1. The first kappa shape index (κ1) is 33.6. The van der Waals surface area contributed by atoms with Crippen molar-refractivity contribution < 1.29 is 24.2 Å². The highest BCUT2D eigenvalue weighted by atomic mass is 32.1. The van der Waals surface area contributed by atoms with Gasteiger partial charge in [-0.1, -0.05) is 49.5 Å². The zero-order valence-corrected chi connectivity index (χ0v) is 27.8. The highest BCUT2D eigenvalue weighted by molar-refractivity contribution is 7.16. The maximum absolute atomic E-state index is 13.0. The SMILES string of the molecule is Cc1ccc(C(=O)N2CCOC3(CCN(CCCCCCCCCNC[C@H](OC=O)c4ccc(O)c5[nH]c(=O)sc45)CC3)C2)s1. The Kier molecular flexibility index (Phi) is 12.1. The van der Waals surface area contributed by atoms with Gasteiger partial charge >= 0.3 is 4.87 Å². The van der Waals surface area contributed by atoms with Crippen LogP contribution in [-0.4, -0.2) is 90.3 Å². The first-order valence-corrected chi connectivity index (χ1v) is 17.9. The Morgan fingerprint density at radius 1 is 1.09 bits per heavy atom. The van der Waals surface area contributed by atoms with E-state index >= 15 is 0 Å². The number of aromatic amines is 1. The number of nitrogens with one attached hydrogen (secondary N) is 2. The molecular weight excluding hydrogens is 613 g/mol. The third-order valence-electron chi connectivity index (χ3n) is 9.07. The lowest BCUT2D eigenvalue weighted by Crippen LogP contribution is -2.58. The van der Waals surface area contributed by atoms with E-state index in [0.29, 0.717) is 48.5 Å². The Morgan fingerprint density at radius 2 is 1.84 bits per heavy atom. The largest absolute Gasteiger partial charge is 0.506 e. The molecule has 0 radical (unpaired) electrons. The first-order chi connectivity index (χ1) is 21.9. The van der Waals surface area contributed by atoms with Gasteiger partial charge in [-0.15, -0.1) is 11.3 Å². The van der Waals surface area contributed by atoms with Crippen LogP contribution in [0.4, 0.5) is 0 Å². The molecule has 3 aromatic rings. The highest BCUT2D eigenvalue weighted by Gasteiger charge is 2.41. The van der Waals surface area contributed by atoms with Gasteiger partial charge in [0, 0.05) is 36.6 Å². The van der Waals surface area contributed by atoms with Crippen molar-refractivity contribution in [2.24, 2.45) is 0 Å². The monoisotopic (exact) mass is 658 g/mol. The van der Waals surface area contributed by atoms with Gasteiger partial charge in [0.2, 0.25) is 0 Å².